The summed E-state index contributed by atoms with van der Waals surface area (Å²) in [5.41, 5.74) is 0. The van der Waals surface area contributed by atoms with Crippen molar-refractivity contribution in [2.24, 2.45) is 7.05 Å². The van der Waals surface area contributed by atoms with E-state index in [0.717, 1.165) is 42.7 Å². The van der Waals surface area contributed by atoms with Crippen molar-refractivity contribution in [1.29, 1.82) is 0 Å². The van der Waals surface area contributed by atoms with Crippen molar-refractivity contribution in [2.45, 2.75) is 33.2 Å². The molecule has 7 heteroatoms. The summed E-state index contributed by atoms with van der Waals surface area (Å²) in [5.74, 6) is 3.36. The fourth-order valence-electron chi connectivity index (χ4n) is 1.73. The first-order valence-corrected chi connectivity index (χ1v) is 6.91. The minimum absolute atomic E-state index is 0.587. The van der Waals surface area contributed by atoms with Crippen LogP contribution in [0.3, 0.4) is 0 Å². The number of anilines is 2. The molecule has 2 heterocycles. The molecule has 0 saturated heterocycles. The first-order chi connectivity index (χ1) is 9.72. The summed E-state index contributed by atoms with van der Waals surface area (Å²) in [5, 5.41) is 14.4. The van der Waals surface area contributed by atoms with Gasteiger partial charge in [0, 0.05) is 26.1 Å². The molecule has 0 aromatic carbocycles. The Hall–Kier alpha value is -2.18. The van der Waals surface area contributed by atoms with Crippen LogP contribution < -0.4 is 10.6 Å². The van der Waals surface area contributed by atoms with Crippen molar-refractivity contribution in [3.8, 4) is 0 Å². The van der Waals surface area contributed by atoms with Gasteiger partial charge in [0.15, 0.2) is 5.82 Å². The van der Waals surface area contributed by atoms with Crippen molar-refractivity contribution in [3.63, 3.8) is 0 Å². The molecule has 0 radical (unpaired) electrons. The SMILES string of the molecule is CCCNc1cc(NCc2nncn2C)nc(CC)n1. The van der Waals surface area contributed by atoms with E-state index in [9.17, 15) is 0 Å². The molecule has 7 nitrogen and oxygen atoms in total. The van der Waals surface area contributed by atoms with Crippen molar-refractivity contribution in [1.82, 2.24) is 24.7 Å². The van der Waals surface area contributed by atoms with Gasteiger partial charge in [-0.3, -0.25) is 0 Å². The molecule has 0 aliphatic carbocycles. The number of hydrogen-bond acceptors (Lipinski definition) is 6. The molecule has 0 spiro atoms. The first kappa shape index (κ1) is 14.2. The lowest BCUT2D eigenvalue weighted by molar-refractivity contribution is 0.807. The van der Waals surface area contributed by atoms with Crippen LogP contribution in [-0.2, 0) is 20.0 Å². The summed E-state index contributed by atoms with van der Waals surface area (Å²) in [6, 6.07) is 1.92. The lowest BCUT2D eigenvalue weighted by Crippen LogP contribution is -2.10. The molecule has 0 fully saturated rings. The summed E-state index contributed by atoms with van der Waals surface area (Å²) in [4.78, 5) is 8.93. The zero-order valence-corrected chi connectivity index (χ0v) is 12.2. The van der Waals surface area contributed by atoms with E-state index in [2.05, 4.69) is 37.7 Å². The zero-order chi connectivity index (χ0) is 14.4. The van der Waals surface area contributed by atoms with Gasteiger partial charge >= 0.3 is 0 Å². The number of nitrogens with zero attached hydrogens (tertiary/aromatic N) is 5. The molecular formula is C13H21N7. The average molecular weight is 275 g/mol. The molecule has 20 heavy (non-hydrogen) atoms. The lowest BCUT2D eigenvalue weighted by atomic mass is 10.4. The molecule has 0 unspecified atom stereocenters. The highest BCUT2D eigenvalue weighted by molar-refractivity contribution is 5.47. The van der Waals surface area contributed by atoms with Gasteiger partial charge in [0.05, 0.1) is 6.54 Å². The summed E-state index contributed by atoms with van der Waals surface area (Å²) < 4.78 is 1.88. The van der Waals surface area contributed by atoms with Gasteiger partial charge in [-0.25, -0.2) is 9.97 Å². The molecule has 0 amide bonds. The summed E-state index contributed by atoms with van der Waals surface area (Å²) >= 11 is 0. The predicted molar refractivity (Wildman–Crippen MR) is 78.5 cm³/mol. The maximum atomic E-state index is 4.47. The van der Waals surface area contributed by atoms with E-state index in [1.54, 1.807) is 6.33 Å². The molecule has 2 N–H and O–H groups in total. The number of aromatic nitrogens is 5. The third-order valence-corrected chi connectivity index (χ3v) is 2.88. The van der Waals surface area contributed by atoms with E-state index in [1.165, 1.54) is 0 Å². The highest BCUT2D eigenvalue weighted by atomic mass is 15.3. The second kappa shape index (κ2) is 6.83. The maximum Gasteiger partial charge on any atom is 0.151 e. The predicted octanol–water partition coefficient (Wildman–Crippen LogP) is 1.60. The Morgan fingerprint density at radius 3 is 2.50 bits per heavy atom. The maximum absolute atomic E-state index is 4.47. The van der Waals surface area contributed by atoms with Crippen LogP contribution >= 0.6 is 0 Å². The van der Waals surface area contributed by atoms with Crippen molar-refractivity contribution in [2.75, 3.05) is 17.2 Å². The van der Waals surface area contributed by atoms with Crippen LogP contribution in [0, 0.1) is 0 Å². The fraction of sp³-hybridized carbons (Fsp3) is 0.538. The Labute approximate surface area is 118 Å². The normalized spacial score (nSPS) is 10.6. The van der Waals surface area contributed by atoms with Crippen LogP contribution in [0.15, 0.2) is 12.4 Å². The first-order valence-electron chi connectivity index (χ1n) is 6.91. The van der Waals surface area contributed by atoms with Gasteiger partial charge in [-0.1, -0.05) is 13.8 Å². The molecular weight excluding hydrogens is 254 g/mol. The highest BCUT2D eigenvalue weighted by Crippen LogP contribution is 2.12. The summed E-state index contributed by atoms with van der Waals surface area (Å²) in [7, 11) is 1.92. The van der Waals surface area contributed by atoms with Gasteiger partial charge in [-0.2, -0.15) is 0 Å². The Morgan fingerprint density at radius 1 is 1.15 bits per heavy atom. The van der Waals surface area contributed by atoms with Crippen molar-refractivity contribution in [3.05, 3.63) is 24.0 Å². The van der Waals surface area contributed by atoms with E-state index < -0.39 is 0 Å². The van der Waals surface area contributed by atoms with E-state index in [1.807, 2.05) is 24.6 Å². The monoisotopic (exact) mass is 275 g/mol. The minimum atomic E-state index is 0.587. The Kier molecular flexibility index (Phi) is 4.86. The van der Waals surface area contributed by atoms with E-state index in [-0.39, 0.29) is 0 Å². The van der Waals surface area contributed by atoms with Gasteiger partial charge in [0.1, 0.15) is 23.8 Å². The fourth-order valence-corrected chi connectivity index (χ4v) is 1.73. The number of rotatable bonds is 7. The van der Waals surface area contributed by atoms with E-state index in [0.29, 0.717) is 6.54 Å². The Balaban J connectivity index is 2.07. The third kappa shape index (κ3) is 3.66. The number of aryl methyl sites for hydroxylation is 2. The third-order valence-electron chi connectivity index (χ3n) is 2.88. The second-order valence-electron chi connectivity index (χ2n) is 4.55. The number of hydrogen-bond donors (Lipinski definition) is 2. The summed E-state index contributed by atoms with van der Waals surface area (Å²) in [6.07, 6.45) is 3.55. The Bertz CT molecular complexity index is 549. The molecule has 2 aromatic rings. The van der Waals surface area contributed by atoms with Gasteiger partial charge in [0.25, 0.3) is 0 Å². The van der Waals surface area contributed by atoms with Crippen LogP contribution in [0.1, 0.15) is 31.9 Å². The van der Waals surface area contributed by atoms with Crippen LogP contribution in [0.4, 0.5) is 11.6 Å². The topological polar surface area (TPSA) is 80.5 Å². The molecule has 2 rings (SSSR count). The van der Waals surface area contributed by atoms with Crippen LogP contribution in [0.2, 0.25) is 0 Å². The molecule has 0 bridgehead atoms. The quantitative estimate of drug-likeness (QED) is 0.799. The zero-order valence-electron chi connectivity index (χ0n) is 12.2. The van der Waals surface area contributed by atoms with Gasteiger partial charge in [-0.05, 0) is 6.42 Å². The minimum Gasteiger partial charge on any atom is -0.370 e. The van der Waals surface area contributed by atoms with Crippen LogP contribution in [0.5, 0.6) is 0 Å². The molecule has 108 valence electrons. The highest BCUT2D eigenvalue weighted by Gasteiger charge is 2.05. The van der Waals surface area contributed by atoms with Gasteiger partial charge in [0.2, 0.25) is 0 Å². The molecule has 0 aliphatic heterocycles. The largest absolute Gasteiger partial charge is 0.370 e. The molecule has 0 aliphatic rings. The van der Waals surface area contributed by atoms with Crippen LogP contribution in [-0.4, -0.2) is 31.3 Å². The average Bonchev–Trinajstić information content (AvgIpc) is 2.88. The van der Waals surface area contributed by atoms with E-state index >= 15 is 0 Å². The van der Waals surface area contributed by atoms with Gasteiger partial charge in [-0.15, -0.1) is 10.2 Å². The van der Waals surface area contributed by atoms with Gasteiger partial charge < -0.3 is 15.2 Å². The van der Waals surface area contributed by atoms with Crippen molar-refractivity contribution < 1.29 is 0 Å². The summed E-state index contributed by atoms with van der Waals surface area (Å²) in [6.45, 7) is 5.67. The smallest absolute Gasteiger partial charge is 0.151 e. The number of nitrogens with one attached hydrogen (secondary N) is 2. The molecule has 2 aromatic heterocycles. The Morgan fingerprint density at radius 2 is 1.90 bits per heavy atom. The second-order valence-corrected chi connectivity index (χ2v) is 4.55. The lowest BCUT2D eigenvalue weighted by Gasteiger charge is -2.10. The standard InChI is InChI=1S/C13H21N7/c1-4-6-14-11-7-12(18-10(5-2)17-11)15-8-13-19-16-9-20(13)3/h7,9H,4-6,8H2,1-3H3,(H2,14,15,17,18). The van der Waals surface area contributed by atoms with Crippen molar-refractivity contribution >= 4 is 11.6 Å². The molecule has 0 saturated carbocycles. The molecule has 0 atom stereocenters. The van der Waals surface area contributed by atoms with Crippen LogP contribution in [0.25, 0.3) is 0 Å². The van der Waals surface area contributed by atoms with E-state index in [4.69, 9.17) is 0 Å².